The molecule has 2 unspecified atom stereocenters. The quantitative estimate of drug-likeness (QED) is 0.926. The number of piperidine rings is 1. The second-order valence-corrected chi connectivity index (χ2v) is 6.21. The van der Waals surface area contributed by atoms with Crippen LogP contribution in [0, 0.1) is 0 Å². The maximum Gasteiger partial charge on any atom is 0.227 e. The van der Waals surface area contributed by atoms with Gasteiger partial charge in [-0.1, -0.05) is 12.1 Å². The van der Waals surface area contributed by atoms with Gasteiger partial charge in [0.05, 0.1) is 12.5 Å². The monoisotopic (exact) mass is 290 g/mol. The Labute approximate surface area is 127 Å². The Hall–Kier alpha value is -1.55. The number of benzene rings is 1. The van der Waals surface area contributed by atoms with E-state index < -0.39 is 0 Å². The zero-order valence-corrected chi connectivity index (χ0v) is 13.2. The Balaban J connectivity index is 1.99. The molecule has 0 spiro atoms. The number of likely N-dealkylation sites (tertiary alicyclic amines) is 1. The van der Waals surface area contributed by atoms with Crippen molar-refractivity contribution in [2.45, 2.75) is 58.2 Å². The Morgan fingerprint density at radius 1 is 1.48 bits per heavy atom. The van der Waals surface area contributed by atoms with Crippen molar-refractivity contribution < 1.29 is 9.53 Å². The molecule has 4 nitrogen and oxygen atoms in total. The van der Waals surface area contributed by atoms with Crippen LogP contribution in [0.1, 0.15) is 39.2 Å². The predicted molar refractivity (Wildman–Crippen MR) is 84.3 cm³/mol. The van der Waals surface area contributed by atoms with E-state index in [1.54, 1.807) is 0 Å². The molecule has 4 heteroatoms. The molecule has 0 aromatic heterocycles. The molecule has 1 amide bonds. The number of hydrogen-bond donors (Lipinski definition) is 1. The molecular formula is C17H26N2O2. The molecule has 116 valence electrons. The van der Waals surface area contributed by atoms with E-state index in [0.29, 0.717) is 6.42 Å². The van der Waals surface area contributed by atoms with E-state index in [1.807, 2.05) is 43.0 Å². The summed E-state index contributed by atoms with van der Waals surface area (Å²) in [7, 11) is 0. The van der Waals surface area contributed by atoms with Crippen molar-refractivity contribution >= 4 is 5.91 Å². The zero-order valence-electron chi connectivity index (χ0n) is 13.2. The minimum atomic E-state index is 0.138. The predicted octanol–water partition coefficient (Wildman–Crippen LogP) is 2.35. The van der Waals surface area contributed by atoms with Crippen molar-refractivity contribution in [1.29, 1.82) is 0 Å². The molecule has 0 bridgehead atoms. The summed E-state index contributed by atoms with van der Waals surface area (Å²) in [6, 6.07) is 8.26. The van der Waals surface area contributed by atoms with Gasteiger partial charge in [0, 0.05) is 18.6 Å². The van der Waals surface area contributed by atoms with Gasteiger partial charge in [-0.15, -0.1) is 0 Å². The van der Waals surface area contributed by atoms with Crippen LogP contribution in [0.2, 0.25) is 0 Å². The molecule has 0 radical (unpaired) electrons. The lowest BCUT2D eigenvalue weighted by molar-refractivity contribution is -0.133. The fraction of sp³-hybridized carbons (Fsp3) is 0.588. The molecule has 1 heterocycles. The lowest BCUT2D eigenvalue weighted by Crippen LogP contribution is -2.48. The lowest BCUT2D eigenvalue weighted by atomic mass is 9.98. The third-order valence-electron chi connectivity index (χ3n) is 3.86. The van der Waals surface area contributed by atoms with Crippen molar-refractivity contribution in [2.24, 2.45) is 5.73 Å². The summed E-state index contributed by atoms with van der Waals surface area (Å²) in [6.07, 6.45) is 2.35. The Bertz CT molecular complexity index is 487. The third kappa shape index (κ3) is 4.46. The van der Waals surface area contributed by atoms with Gasteiger partial charge < -0.3 is 15.4 Å². The van der Waals surface area contributed by atoms with Gasteiger partial charge in [0.1, 0.15) is 5.75 Å². The number of carbonyl (C=O) groups excluding carboxylic acids is 1. The average molecular weight is 290 g/mol. The number of amides is 1. The van der Waals surface area contributed by atoms with E-state index in [2.05, 4.69) is 6.92 Å². The van der Waals surface area contributed by atoms with Crippen LogP contribution < -0.4 is 10.5 Å². The summed E-state index contributed by atoms with van der Waals surface area (Å²) in [4.78, 5) is 14.4. The highest BCUT2D eigenvalue weighted by molar-refractivity contribution is 5.79. The minimum Gasteiger partial charge on any atom is -0.491 e. The van der Waals surface area contributed by atoms with Crippen molar-refractivity contribution in [3.63, 3.8) is 0 Å². The minimum absolute atomic E-state index is 0.138. The summed E-state index contributed by atoms with van der Waals surface area (Å²) < 4.78 is 5.68. The van der Waals surface area contributed by atoms with Gasteiger partial charge in [0.25, 0.3) is 0 Å². The average Bonchev–Trinajstić information content (AvgIpc) is 2.37. The van der Waals surface area contributed by atoms with E-state index in [0.717, 1.165) is 30.7 Å². The fourth-order valence-corrected chi connectivity index (χ4v) is 2.86. The first-order valence-electron chi connectivity index (χ1n) is 7.76. The van der Waals surface area contributed by atoms with E-state index in [1.165, 1.54) is 0 Å². The van der Waals surface area contributed by atoms with Gasteiger partial charge in [-0.25, -0.2) is 0 Å². The van der Waals surface area contributed by atoms with Gasteiger partial charge >= 0.3 is 0 Å². The molecule has 2 rings (SSSR count). The van der Waals surface area contributed by atoms with E-state index >= 15 is 0 Å². The van der Waals surface area contributed by atoms with Crippen LogP contribution in [0.15, 0.2) is 24.3 Å². The molecule has 2 N–H and O–H groups in total. The number of nitrogens with zero attached hydrogens (tertiary/aromatic N) is 1. The summed E-state index contributed by atoms with van der Waals surface area (Å²) >= 11 is 0. The molecule has 21 heavy (non-hydrogen) atoms. The molecule has 1 saturated heterocycles. The summed E-state index contributed by atoms with van der Waals surface area (Å²) in [5, 5.41) is 0. The molecule has 1 fully saturated rings. The van der Waals surface area contributed by atoms with Crippen molar-refractivity contribution in [2.75, 3.05) is 6.54 Å². The molecule has 0 aliphatic carbocycles. The van der Waals surface area contributed by atoms with Crippen LogP contribution in [0.4, 0.5) is 0 Å². The number of carbonyl (C=O) groups is 1. The number of nitrogens with two attached hydrogens (primary N) is 1. The Morgan fingerprint density at radius 2 is 2.24 bits per heavy atom. The molecule has 1 aliphatic heterocycles. The first-order valence-corrected chi connectivity index (χ1v) is 7.76. The molecule has 1 aliphatic rings. The summed E-state index contributed by atoms with van der Waals surface area (Å²) in [5.74, 6) is 1.00. The van der Waals surface area contributed by atoms with Crippen molar-refractivity contribution in [3.05, 3.63) is 29.8 Å². The van der Waals surface area contributed by atoms with Crippen LogP contribution in [-0.4, -0.2) is 35.5 Å². The van der Waals surface area contributed by atoms with Gasteiger partial charge in [-0.05, 0) is 51.3 Å². The normalized spacial score (nSPS) is 22.4. The van der Waals surface area contributed by atoms with Crippen molar-refractivity contribution in [3.8, 4) is 5.75 Å². The number of rotatable bonds is 4. The molecule has 1 aromatic rings. The third-order valence-corrected chi connectivity index (χ3v) is 3.86. The zero-order chi connectivity index (χ0) is 15.4. The number of ether oxygens (including phenoxy) is 1. The first-order chi connectivity index (χ1) is 9.95. The molecule has 1 aromatic carbocycles. The van der Waals surface area contributed by atoms with Gasteiger partial charge in [-0.2, -0.15) is 0 Å². The van der Waals surface area contributed by atoms with Crippen LogP contribution in [-0.2, 0) is 11.2 Å². The second kappa shape index (κ2) is 6.94. The van der Waals surface area contributed by atoms with Crippen LogP contribution in [0.3, 0.4) is 0 Å². The molecule has 2 atom stereocenters. The highest BCUT2D eigenvalue weighted by Crippen LogP contribution is 2.19. The SMILES string of the molecule is CC(C)Oc1cccc(CC(=O)N2CCC(N)CC2C)c1. The van der Waals surface area contributed by atoms with E-state index in [4.69, 9.17) is 10.5 Å². The summed E-state index contributed by atoms with van der Waals surface area (Å²) in [6.45, 7) is 6.84. The van der Waals surface area contributed by atoms with Crippen molar-refractivity contribution in [1.82, 2.24) is 4.90 Å². The Kier molecular flexibility index (Phi) is 5.23. The topological polar surface area (TPSA) is 55.6 Å². The summed E-state index contributed by atoms with van der Waals surface area (Å²) in [5.41, 5.74) is 6.95. The van der Waals surface area contributed by atoms with Gasteiger partial charge in [0.2, 0.25) is 5.91 Å². The van der Waals surface area contributed by atoms with Crippen LogP contribution in [0.5, 0.6) is 5.75 Å². The van der Waals surface area contributed by atoms with Gasteiger partial charge in [-0.3, -0.25) is 4.79 Å². The Morgan fingerprint density at radius 3 is 2.90 bits per heavy atom. The largest absolute Gasteiger partial charge is 0.491 e. The smallest absolute Gasteiger partial charge is 0.227 e. The van der Waals surface area contributed by atoms with E-state index in [9.17, 15) is 4.79 Å². The lowest BCUT2D eigenvalue weighted by Gasteiger charge is -2.36. The molecular weight excluding hydrogens is 264 g/mol. The van der Waals surface area contributed by atoms with E-state index in [-0.39, 0.29) is 24.1 Å². The van der Waals surface area contributed by atoms with Crippen LogP contribution >= 0.6 is 0 Å². The van der Waals surface area contributed by atoms with Crippen LogP contribution in [0.25, 0.3) is 0 Å². The maximum atomic E-state index is 12.5. The number of hydrogen-bond acceptors (Lipinski definition) is 3. The fourth-order valence-electron chi connectivity index (χ4n) is 2.86. The highest BCUT2D eigenvalue weighted by Gasteiger charge is 2.26. The second-order valence-electron chi connectivity index (χ2n) is 6.21. The first kappa shape index (κ1) is 15.8. The standard InChI is InChI=1S/C17H26N2O2/c1-12(2)21-16-6-4-5-14(10-16)11-17(20)19-8-7-15(18)9-13(19)3/h4-6,10,12-13,15H,7-9,11,18H2,1-3H3. The van der Waals surface area contributed by atoms with Gasteiger partial charge in [0.15, 0.2) is 0 Å². The highest BCUT2D eigenvalue weighted by atomic mass is 16.5. The molecule has 0 saturated carbocycles. The maximum absolute atomic E-state index is 12.5.